The Hall–Kier alpha value is -6.07. The Labute approximate surface area is 611 Å². The molecule has 7 nitrogen and oxygen atoms in total. The zero-order chi connectivity index (χ0) is 67.7. The number of aliphatic hydroxyl groups excluding tert-OH is 4. The maximum Gasteiger partial charge on any atom is 0.0955 e. The molecule has 2 unspecified atom stereocenters. The van der Waals surface area contributed by atoms with Crippen molar-refractivity contribution in [3.05, 3.63) is 244 Å². The molecule has 2 atom stereocenters. The van der Waals surface area contributed by atoms with E-state index in [2.05, 4.69) is 244 Å². The molecule has 10 aromatic rings. The van der Waals surface area contributed by atoms with Gasteiger partial charge in [0.2, 0.25) is 0 Å². The largest absolute Gasteiger partial charge is 0.513 e. The average Bonchev–Trinajstić information content (AvgIpc) is 0.748. The number of hydrogen-bond donors (Lipinski definition) is 4. The molecule has 0 saturated carbocycles. The zero-order valence-corrected chi connectivity index (χ0v) is 67.9. The maximum absolute atomic E-state index is 9.42. The van der Waals surface area contributed by atoms with E-state index in [1.54, 1.807) is 26.0 Å². The van der Waals surface area contributed by atoms with Gasteiger partial charge in [0.25, 0.3) is 0 Å². The van der Waals surface area contributed by atoms with Crippen LogP contribution in [0.3, 0.4) is 0 Å². The third kappa shape index (κ3) is 22.5. The van der Waals surface area contributed by atoms with Crippen LogP contribution in [-0.2, 0) is 73.2 Å². The molecular weight excluding hydrogens is 1720 g/mol. The standard InChI is InChI=1S/C26H34NSi.2C21H22N.C11H14O2.C5H10O2.3Ir/c1-17(2)28(18(3)4,19(5)6)26-11-9-10-25-23(26)14-15-24(27-25)22-13-12-20(7)21(8)16-22;2*1-14(2)12-17-6-5-7-21-19(17)10-11-20(22-21)18-9-8-15(3)16(4)13-18;1-8(12)11(9(2)13)10-6-4-3-5-7-10;1-4(6)3-5(2)7;;;/h9-12,14-19H,1-8H3;2*5-8,10-11,13-14H,12H2,1-4H3;3-8,12-13H,1-2H3;3-4,6-7H,1-2H3;;;/q3*-1;;;;;. The summed E-state index contributed by atoms with van der Waals surface area (Å²) >= 11 is 0. The van der Waals surface area contributed by atoms with Crippen LogP contribution in [0.1, 0.15) is 147 Å². The van der Waals surface area contributed by atoms with Crippen molar-refractivity contribution in [2.45, 2.75) is 180 Å². The second kappa shape index (κ2) is 38.8. The Morgan fingerprint density at radius 1 is 0.432 bits per heavy atom. The van der Waals surface area contributed by atoms with Gasteiger partial charge in [-0.3, -0.25) is 15.0 Å². The predicted octanol–water partition coefficient (Wildman–Crippen LogP) is 21.4. The van der Waals surface area contributed by atoms with Crippen molar-refractivity contribution in [2.75, 3.05) is 0 Å². The second-order valence-electron chi connectivity index (χ2n) is 26.8. The number of pyridine rings is 3. The number of allylic oxidation sites excluding steroid dienone is 2. The van der Waals surface area contributed by atoms with Crippen LogP contribution in [0.4, 0.5) is 0 Å². The Kier molecular flexibility index (Phi) is 33.9. The van der Waals surface area contributed by atoms with Crippen molar-refractivity contribution < 1.29 is 80.7 Å². The Bertz CT molecular complexity index is 3970. The number of fused-ring (bicyclic) bond motifs is 3. The van der Waals surface area contributed by atoms with Crippen molar-refractivity contribution in [3.63, 3.8) is 0 Å². The topological polar surface area (TPSA) is 120 Å². The normalized spacial score (nSPS) is 12.2. The molecule has 3 radical (unpaired) electrons. The summed E-state index contributed by atoms with van der Waals surface area (Å²) in [6, 6.07) is 64.9. The van der Waals surface area contributed by atoms with Gasteiger partial charge < -0.3 is 20.4 Å². The number of hydrogen-bond acceptors (Lipinski definition) is 7. The molecule has 0 saturated heterocycles. The van der Waals surface area contributed by atoms with Crippen LogP contribution in [0.25, 0.3) is 72.1 Å². The number of nitrogens with zero attached hydrogens (tertiary/aromatic N) is 3. The summed E-state index contributed by atoms with van der Waals surface area (Å²) in [5, 5.41) is 41.1. The van der Waals surface area contributed by atoms with Crippen molar-refractivity contribution in [1.29, 1.82) is 0 Å². The van der Waals surface area contributed by atoms with Crippen molar-refractivity contribution in [2.24, 2.45) is 11.8 Å². The molecular formula is C84H102Ir3N3O4Si-3. The van der Waals surface area contributed by atoms with E-state index in [1.165, 1.54) is 73.7 Å². The third-order valence-corrected chi connectivity index (χ3v) is 24.5. The molecule has 0 aliphatic heterocycles. The first-order chi connectivity index (χ1) is 43.5. The minimum atomic E-state index is -1.73. The van der Waals surface area contributed by atoms with Gasteiger partial charge in [0, 0.05) is 76.7 Å². The molecule has 0 aliphatic carbocycles. The molecule has 0 amide bonds. The van der Waals surface area contributed by atoms with Gasteiger partial charge in [0.1, 0.15) is 0 Å². The van der Waals surface area contributed by atoms with Crippen LogP contribution in [0.5, 0.6) is 0 Å². The second-order valence-corrected chi connectivity index (χ2v) is 32.6. The Morgan fingerprint density at radius 2 is 0.779 bits per heavy atom. The van der Waals surface area contributed by atoms with Crippen LogP contribution in [0.2, 0.25) is 16.6 Å². The van der Waals surface area contributed by atoms with Gasteiger partial charge in [-0.2, -0.15) is 0 Å². The van der Waals surface area contributed by atoms with Crippen LogP contribution in [-0.4, -0.2) is 55.7 Å². The van der Waals surface area contributed by atoms with Gasteiger partial charge in [0.05, 0.1) is 48.4 Å². The maximum atomic E-state index is 9.42. The molecule has 3 aromatic heterocycles. The molecule has 4 N–H and O–H groups in total. The smallest absolute Gasteiger partial charge is 0.0955 e. The molecule has 0 spiro atoms. The fraction of sp³-hybridized carbons (Fsp3) is 0.345. The zero-order valence-electron chi connectivity index (χ0n) is 59.7. The summed E-state index contributed by atoms with van der Waals surface area (Å²) in [7, 11) is -1.73. The molecule has 7 aromatic carbocycles. The fourth-order valence-electron chi connectivity index (χ4n) is 12.8. The van der Waals surface area contributed by atoms with Gasteiger partial charge in [-0.25, -0.2) is 0 Å². The van der Waals surface area contributed by atoms with E-state index in [9.17, 15) is 10.2 Å². The summed E-state index contributed by atoms with van der Waals surface area (Å²) in [6.07, 6.45) is 2.36. The summed E-state index contributed by atoms with van der Waals surface area (Å²) < 4.78 is 0. The van der Waals surface area contributed by atoms with E-state index in [-0.39, 0.29) is 71.8 Å². The van der Waals surface area contributed by atoms with E-state index >= 15 is 0 Å². The van der Waals surface area contributed by atoms with Crippen molar-refractivity contribution in [1.82, 2.24) is 15.0 Å². The average molecular weight is 1820 g/mol. The molecule has 0 fully saturated rings. The molecule has 95 heavy (non-hydrogen) atoms. The van der Waals surface area contributed by atoms with Gasteiger partial charge in [-0.1, -0.05) is 214 Å². The number of aromatic nitrogens is 3. The molecule has 0 aliphatic rings. The van der Waals surface area contributed by atoms with Gasteiger partial charge >= 0.3 is 0 Å². The summed E-state index contributed by atoms with van der Waals surface area (Å²) in [5.74, 6) is 1.63. The Balaban J connectivity index is 0.000000323. The molecule has 511 valence electrons. The minimum absolute atomic E-state index is 0. The molecule has 10 rings (SSSR count). The monoisotopic (exact) mass is 1820 g/mol. The van der Waals surface area contributed by atoms with Crippen LogP contribution >= 0.6 is 0 Å². The third-order valence-electron chi connectivity index (χ3n) is 17.4. The van der Waals surface area contributed by atoms with E-state index in [4.69, 9.17) is 25.2 Å². The van der Waals surface area contributed by atoms with E-state index in [1.807, 2.05) is 42.5 Å². The quantitative estimate of drug-likeness (QED) is 0.0486. The van der Waals surface area contributed by atoms with Crippen LogP contribution in [0, 0.1) is 71.6 Å². The molecule has 3 heterocycles. The van der Waals surface area contributed by atoms with E-state index < -0.39 is 20.3 Å². The van der Waals surface area contributed by atoms with Crippen molar-refractivity contribution >= 4 is 51.5 Å². The van der Waals surface area contributed by atoms with Gasteiger partial charge in [-0.15, -0.1) is 105 Å². The van der Waals surface area contributed by atoms with E-state index in [0.29, 0.717) is 34.0 Å². The summed E-state index contributed by atoms with van der Waals surface area (Å²) in [4.78, 5) is 14.8. The molecule has 0 bridgehead atoms. The number of aryl methyl sites for hydroxylation is 6. The summed E-state index contributed by atoms with van der Waals surface area (Å²) in [6.45, 7) is 42.7. The first-order valence-electron chi connectivity index (χ1n) is 32.9. The summed E-state index contributed by atoms with van der Waals surface area (Å²) in [5.41, 5.74) is 23.4. The molecule has 11 heteroatoms. The van der Waals surface area contributed by atoms with Gasteiger partial charge in [0.15, 0.2) is 0 Å². The van der Waals surface area contributed by atoms with Gasteiger partial charge in [-0.05, 0) is 138 Å². The fourth-order valence-corrected chi connectivity index (χ4v) is 19.7. The minimum Gasteiger partial charge on any atom is -0.513 e. The first-order valence-corrected chi connectivity index (χ1v) is 35.1. The first kappa shape index (κ1) is 83.2. The van der Waals surface area contributed by atoms with E-state index in [0.717, 1.165) is 68.7 Å². The number of rotatable bonds is 14. The number of benzene rings is 7. The Morgan fingerprint density at radius 3 is 1.07 bits per heavy atom. The van der Waals surface area contributed by atoms with Crippen molar-refractivity contribution in [3.8, 4) is 33.8 Å². The number of aliphatic hydroxyl groups is 4. The van der Waals surface area contributed by atoms with Crippen LogP contribution < -0.4 is 5.19 Å². The predicted molar refractivity (Wildman–Crippen MR) is 396 cm³/mol. The van der Waals surface area contributed by atoms with Crippen LogP contribution in [0.15, 0.2) is 175 Å². The SMILES string of the molecule is CC(O)=C(c1ccccc1)C(C)O.CC(O)=CC(C)O.Cc1c[c-]c(-c2ccc3c(CC(C)C)cccc3n2)cc1C.Cc1c[c-]c(-c2ccc3c(CC(C)C)cccc3n2)cc1C.Cc1c[c-]c(-c2ccc3c([Si](C(C)C)(C(C)C)C(C)C)cccc3n2)cc1C.[Ir].[Ir].[Ir].